The molecule has 1 aliphatic heterocycles. The number of hydrogen-bond donors (Lipinski definition) is 2. The Kier molecular flexibility index (Phi) is 5.55. The third-order valence-corrected chi connectivity index (χ3v) is 6.05. The molecule has 0 spiro atoms. The first-order valence-electron chi connectivity index (χ1n) is 10.8. The maximum absolute atomic E-state index is 14.9. The van der Waals surface area contributed by atoms with E-state index in [1.54, 1.807) is 17.2 Å². The van der Waals surface area contributed by atoms with Gasteiger partial charge in [-0.25, -0.2) is 14.2 Å². The zero-order valence-electron chi connectivity index (χ0n) is 18.1. The Balaban J connectivity index is 1.54. The van der Waals surface area contributed by atoms with Crippen molar-refractivity contribution in [3.63, 3.8) is 0 Å². The molecule has 1 aromatic heterocycles. The minimum atomic E-state index is -0.555. The number of fused-ring (bicyclic) bond motifs is 1. The van der Waals surface area contributed by atoms with Gasteiger partial charge in [-0.1, -0.05) is 18.2 Å². The smallest absolute Gasteiger partial charge is 0.330 e. The van der Waals surface area contributed by atoms with E-state index in [1.165, 1.54) is 24.1 Å². The third kappa shape index (κ3) is 4.07. The van der Waals surface area contributed by atoms with Crippen molar-refractivity contribution in [1.29, 1.82) is 0 Å². The first-order valence-corrected chi connectivity index (χ1v) is 10.8. The second kappa shape index (κ2) is 8.67. The zero-order valence-corrected chi connectivity index (χ0v) is 18.1. The lowest BCUT2D eigenvalue weighted by molar-refractivity contribution is 0.181. The molecule has 8 nitrogen and oxygen atoms in total. The topological polar surface area (TPSA) is 90.8 Å². The van der Waals surface area contributed by atoms with Crippen molar-refractivity contribution in [3.8, 4) is 5.75 Å². The van der Waals surface area contributed by atoms with E-state index in [9.17, 15) is 14.3 Å². The van der Waals surface area contributed by atoms with Gasteiger partial charge in [0.25, 0.3) is 0 Å². The van der Waals surface area contributed by atoms with Crippen molar-refractivity contribution in [2.45, 2.75) is 38.0 Å². The molecule has 0 unspecified atom stereocenters. The summed E-state index contributed by atoms with van der Waals surface area (Å²) in [6, 6.07) is 13.3. The van der Waals surface area contributed by atoms with Crippen molar-refractivity contribution in [3.05, 3.63) is 66.1 Å². The van der Waals surface area contributed by atoms with Gasteiger partial charge in [0.2, 0.25) is 5.95 Å². The van der Waals surface area contributed by atoms with Gasteiger partial charge in [-0.2, -0.15) is 4.98 Å². The molecule has 33 heavy (non-hydrogen) atoms. The Morgan fingerprint density at radius 1 is 1.18 bits per heavy atom. The number of anilines is 4. The molecular weight excluding hydrogens is 425 g/mol. The predicted octanol–water partition coefficient (Wildman–Crippen LogP) is 4.23. The number of halogens is 1. The van der Waals surface area contributed by atoms with Crippen LogP contribution in [0.3, 0.4) is 0 Å². The summed E-state index contributed by atoms with van der Waals surface area (Å²) in [5.74, 6) is 0.663. The summed E-state index contributed by atoms with van der Waals surface area (Å²) < 4.78 is 20.0. The van der Waals surface area contributed by atoms with E-state index in [4.69, 9.17) is 4.74 Å². The van der Waals surface area contributed by atoms with E-state index in [0.29, 0.717) is 42.3 Å². The van der Waals surface area contributed by atoms with Crippen LogP contribution in [0.5, 0.6) is 5.75 Å². The van der Waals surface area contributed by atoms with Gasteiger partial charge in [0.15, 0.2) is 5.82 Å². The fraction of sp³-hybridized carbons (Fsp3) is 0.292. The number of amides is 2. The Bertz CT molecular complexity index is 1180. The Labute approximate surface area is 190 Å². The first-order chi connectivity index (χ1) is 16.0. The van der Waals surface area contributed by atoms with E-state index in [-0.39, 0.29) is 24.3 Å². The van der Waals surface area contributed by atoms with Crippen molar-refractivity contribution < 1.29 is 19.0 Å². The maximum atomic E-state index is 14.9. The number of benzene rings is 2. The second-order valence-corrected chi connectivity index (χ2v) is 8.21. The van der Waals surface area contributed by atoms with Gasteiger partial charge in [0.05, 0.1) is 25.4 Å². The van der Waals surface area contributed by atoms with E-state index >= 15 is 0 Å². The summed E-state index contributed by atoms with van der Waals surface area (Å²) in [6.45, 7) is 0.134. The highest BCUT2D eigenvalue weighted by Crippen LogP contribution is 2.37. The number of carbonyl (C=O) groups is 1. The Morgan fingerprint density at radius 2 is 2.00 bits per heavy atom. The summed E-state index contributed by atoms with van der Waals surface area (Å²) in [7, 11) is 1.46. The van der Waals surface area contributed by atoms with Crippen LogP contribution in [0.1, 0.15) is 24.8 Å². The Hall–Kier alpha value is -3.72. The van der Waals surface area contributed by atoms with E-state index in [0.717, 1.165) is 5.69 Å². The monoisotopic (exact) mass is 449 g/mol. The van der Waals surface area contributed by atoms with Crippen LogP contribution in [0, 0.1) is 5.82 Å². The van der Waals surface area contributed by atoms with E-state index < -0.39 is 11.9 Å². The quantitative estimate of drug-likeness (QED) is 0.606. The van der Waals surface area contributed by atoms with Gasteiger partial charge in [-0.3, -0.25) is 9.80 Å². The number of rotatable bonds is 5. The van der Waals surface area contributed by atoms with E-state index in [1.807, 2.05) is 30.3 Å². The van der Waals surface area contributed by atoms with Gasteiger partial charge in [-0.05, 0) is 43.5 Å². The minimum absolute atomic E-state index is 0.134. The summed E-state index contributed by atoms with van der Waals surface area (Å²) in [6.07, 6.45) is 2.85. The summed E-state index contributed by atoms with van der Waals surface area (Å²) in [5, 5.41) is 13.3. The van der Waals surface area contributed by atoms with Crippen LogP contribution in [0.15, 0.2) is 54.7 Å². The van der Waals surface area contributed by atoms with Crippen LogP contribution < -0.4 is 19.9 Å². The lowest BCUT2D eigenvalue weighted by Gasteiger charge is -2.39. The average molecular weight is 449 g/mol. The normalized spacial score (nSPS) is 20.0. The second-order valence-electron chi connectivity index (χ2n) is 8.21. The molecule has 2 heterocycles. The van der Waals surface area contributed by atoms with Gasteiger partial charge in [0.1, 0.15) is 11.6 Å². The molecule has 0 radical (unpaired) electrons. The fourth-order valence-corrected chi connectivity index (χ4v) is 4.41. The number of aliphatic hydroxyl groups excluding tert-OH is 1. The van der Waals surface area contributed by atoms with Gasteiger partial charge in [-0.15, -0.1) is 0 Å². The van der Waals surface area contributed by atoms with Crippen molar-refractivity contribution in [1.82, 2.24) is 9.97 Å². The molecule has 1 fully saturated rings. The molecule has 2 N–H and O–H groups in total. The summed E-state index contributed by atoms with van der Waals surface area (Å²) in [5.41, 5.74) is 1.68. The molecule has 3 aromatic rings. The molecule has 2 amide bonds. The van der Waals surface area contributed by atoms with Crippen molar-refractivity contribution >= 4 is 29.2 Å². The van der Waals surface area contributed by atoms with Gasteiger partial charge < -0.3 is 15.2 Å². The number of urea groups is 1. The molecule has 0 saturated heterocycles. The molecule has 2 aliphatic rings. The number of carbonyl (C=O) groups excluding carboxylic acids is 1. The molecule has 170 valence electrons. The molecule has 2 aromatic carbocycles. The molecular formula is C24H24FN5O3. The number of ether oxygens (including phenoxy) is 1. The molecule has 9 heteroatoms. The van der Waals surface area contributed by atoms with Crippen LogP contribution in [0.25, 0.3) is 0 Å². The lowest BCUT2D eigenvalue weighted by Crippen LogP contribution is -2.52. The fourth-order valence-electron chi connectivity index (χ4n) is 4.41. The lowest BCUT2D eigenvalue weighted by atomic mass is 10.1. The van der Waals surface area contributed by atoms with Crippen LogP contribution in [0.4, 0.5) is 32.3 Å². The number of hydrogen-bond acceptors (Lipinski definition) is 6. The number of aromatic nitrogens is 2. The van der Waals surface area contributed by atoms with Crippen molar-refractivity contribution in [2.24, 2.45) is 0 Å². The number of methoxy groups -OCH3 is 1. The molecule has 2 atom stereocenters. The van der Waals surface area contributed by atoms with Crippen LogP contribution in [-0.2, 0) is 6.54 Å². The number of nitrogens with zero attached hydrogens (tertiary/aromatic N) is 4. The van der Waals surface area contributed by atoms with Gasteiger partial charge >= 0.3 is 6.03 Å². The average Bonchev–Trinajstić information content (AvgIpc) is 3.25. The molecule has 5 rings (SSSR count). The van der Waals surface area contributed by atoms with E-state index in [2.05, 4.69) is 15.3 Å². The highest BCUT2D eigenvalue weighted by molar-refractivity contribution is 6.06. The van der Waals surface area contributed by atoms with Gasteiger partial charge in [0, 0.05) is 29.6 Å². The summed E-state index contributed by atoms with van der Waals surface area (Å²) >= 11 is 0. The van der Waals surface area contributed by atoms with Crippen molar-refractivity contribution in [2.75, 3.05) is 22.2 Å². The summed E-state index contributed by atoms with van der Waals surface area (Å²) in [4.78, 5) is 25.7. The molecule has 1 aliphatic carbocycles. The number of para-hydroxylation sites is 1. The minimum Gasteiger partial charge on any atom is -0.497 e. The standard InChI is InChI=1S/C24H24FN5O3/c1-33-19-9-10-21(20(25)12-19)29-14-15-13-26-23(27-16-5-3-2-4-6-16)28-22(15)30(24(29)32)17-7-8-18(31)11-17/h2-6,9-10,12-13,17-18,31H,7-8,11,14H2,1H3,(H,26,27,28)/t17-,18-/m0/s1. The largest absolute Gasteiger partial charge is 0.497 e. The SMILES string of the molecule is COc1ccc(N2Cc3cnc(Nc4ccccc4)nc3N([C@H]3CC[C@H](O)C3)C2=O)c(F)c1. The van der Waals surface area contributed by atoms with Crippen LogP contribution in [-0.4, -0.2) is 40.4 Å². The molecule has 0 bridgehead atoms. The highest BCUT2D eigenvalue weighted by atomic mass is 19.1. The van der Waals surface area contributed by atoms with Crippen LogP contribution >= 0.6 is 0 Å². The number of nitrogens with one attached hydrogen (secondary N) is 1. The predicted molar refractivity (Wildman–Crippen MR) is 122 cm³/mol. The maximum Gasteiger partial charge on any atom is 0.330 e. The first kappa shape index (κ1) is 21.1. The third-order valence-electron chi connectivity index (χ3n) is 6.05. The number of aliphatic hydroxyl groups is 1. The zero-order chi connectivity index (χ0) is 22.9. The highest BCUT2D eigenvalue weighted by Gasteiger charge is 2.41. The van der Waals surface area contributed by atoms with Crippen LogP contribution in [0.2, 0.25) is 0 Å². The Morgan fingerprint density at radius 3 is 2.70 bits per heavy atom. The molecule has 1 saturated carbocycles.